The first-order chi connectivity index (χ1) is 8.31. The maximum Gasteiger partial charge on any atom is 0.408 e. The number of carbonyl (C=O) groups is 2. The lowest BCUT2D eigenvalue weighted by Crippen LogP contribution is -2.40. The monoisotopic (exact) mass is 253 g/mol. The van der Waals surface area contributed by atoms with Gasteiger partial charge in [0.2, 0.25) is 5.91 Å². The second-order valence-corrected chi connectivity index (χ2v) is 5.34. The van der Waals surface area contributed by atoms with Gasteiger partial charge in [0.1, 0.15) is 11.6 Å². The van der Waals surface area contributed by atoms with Crippen LogP contribution in [-0.4, -0.2) is 30.2 Å². The predicted molar refractivity (Wildman–Crippen MR) is 64.5 cm³/mol. The molecular weight excluding hydrogens is 234 g/mol. The summed E-state index contributed by atoms with van der Waals surface area (Å²) in [6.45, 7) is 5.88. The van der Waals surface area contributed by atoms with E-state index < -0.39 is 17.7 Å². The number of nitrogens with one attached hydrogen (secondary N) is 2. The molecule has 1 fully saturated rings. The Balaban J connectivity index is 2.45. The lowest BCUT2D eigenvalue weighted by molar-refractivity contribution is -0.122. The summed E-state index contributed by atoms with van der Waals surface area (Å²) in [5.41, 5.74) is -0.602. The van der Waals surface area contributed by atoms with E-state index in [1.807, 2.05) is 6.07 Å². The zero-order valence-corrected chi connectivity index (χ0v) is 10.9. The van der Waals surface area contributed by atoms with E-state index in [-0.39, 0.29) is 11.8 Å². The first kappa shape index (κ1) is 14.3. The molecule has 0 aromatic rings. The Morgan fingerprint density at radius 1 is 1.67 bits per heavy atom. The van der Waals surface area contributed by atoms with Gasteiger partial charge in [-0.15, -0.1) is 0 Å². The molecule has 0 bridgehead atoms. The molecule has 1 heterocycles. The van der Waals surface area contributed by atoms with Crippen molar-refractivity contribution in [3.05, 3.63) is 0 Å². The van der Waals surface area contributed by atoms with Crippen molar-refractivity contribution >= 4 is 12.0 Å². The molecule has 6 nitrogen and oxygen atoms in total. The van der Waals surface area contributed by atoms with Crippen LogP contribution in [0.15, 0.2) is 0 Å². The van der Waals surface area contributed by atoms with Crippen molar-refractivity contribution in [3.8, 4) is 6.07 Å². The van der Waals surface area contributed by atoms with E-state index in [0.717, 1.165) is 0 Å². The number of nitriles is 1. The number of amides is 2. The van der Waals surface area contributed by atoms with Crippen LogP contribution in [0.2, 0.25) is 0 Å². The number of carbonyl (C=O) groups excluding carboxylic acids is 2. The second-order valence-electron chi connectivity index (χ2n) is 5.34. The van der Waals surface area contributed by atoms with Gasteiger partial charge in [0, 0.05) is 12.5 Å². The molecule has 2 amide bonds. The Kier molecular flexibility index (Phi) is 4.54. The molecule has 100 valence electrons. The maximum absolute atomic E-state index is 11.5. The van der Waals surface area contributed by atoms with E-state index in [4.69, 9.17) is 10.00 Å². The normalized spacial score (nSPS) is 20.8. The van der Waals surface area contributed by atoms with Crippen molar-refractivity contribution in [2.75, 3.05) is 6.54 Å². The SMILES string of the molecule is CC(C)(C)OC(=O)NC(C#N)C[C@@H]1CCNC1=O. The Bertz CT molecular complexity index is 368. The van der Waals surface area contributed by atoms with Crippen LogP contribution in [0.1, 0.15) is 33.6 Å². The summed E-state index contributed by atoms with van der Waals surface area (Å²) in [7, 11) is 0. The van der Waals surface area contributed by atoms with E-state index in [9.17, 15) is 9.59 Å². The molecule has 0 saturated carbocycles. The molecule has 0 aromatic heterocycles. The number of rotatable bonds is 3. The lowest BCUT2D eigenvalue weighted by atomic mass is 9.99. The molecule has 1 unspecified atom stereocenters. The third kappa shape index (κ3) is 4.62. The van der Waals surface area contributed by atoms with Crippen molar-refractivity contribution in [1.29, 1.82) is 5.26 Å². The van der Waals surface area contributed by atoms with Crippen LogP contribution < -0.4 is 10.6 Å². The fraction of sp³-hybridized carbons (Fsp3) is 0.750. The molecule has 2 N–H and O–H groups in total. The van der Waals surface area contributed by atoms with Crippen molar-refractivity contribution in [1.82, 2.24) is 10.6 Å². The molecule has 2 atom stereocenters. The van der Waals surface area contributed by atoms with Gasteiger partial charge in [0.15, 0.2) is 0 Å². The summed E-state index contributed by atoms with van der Waals surface area (Å²) in [5, 5.41) is 14.1. The van der Waals surface area contributed by atoms with Crippen LogP contribution in [-0.2, 0) is 9.53 Å². The summed E-state index contributed by atoms with van der Waals surface area (Å²) in [4.78, 5) is 22.9. The van der Waals surface area contributed by atoms with Crippen molar-refractivity contribution in [2.24, 2.45) is 5.92 Å². The second kappa shape index (κ2) is 5.71. The fourth-order valence-corrected chi connectivity index (χ4v) is 1.75. The van der Waals surface area contributed by atoms with Gasteiger partial charge in [-0.3, -0.25) is 4.79 Å². The summed E-state index contributed by atoms with van der Waals surface area (Å²) < 4.78 is 5.06. The van der Waals surface area contributed by atoms with Crippen LogP contribution in [0, 0.1) is 17.2 Å². The molecule has 1 rings (SSSR count). The van der Waals surface area contributed by atoms with Crippen molar-refractivity contribution < 1.29 is 14.3 Å². The highest BCUT2D eigenvalue weighted by Gasteiger charge is 2.28. The van der Waals surface area contributed by atoms with Crippen molar-refractivity contribution in [2.45, 2.75) is 45.3 Å². The molecule has 1 aliphatic heterocycles. The zero-order valence-electron chi connectivity index (χ0n) is 10.9. The Morgan fingerprint density at radius 2 is 2.33 bits per heavy atom. The molecule has 18 heavy (non-hydrogen) atoms. The molecule has 1 saturated heterocycles. The minimum Gasteiger partial charge on any atom is -0.444 e. The highest BCUT2D eigenvalue weighted by atomic mass is 16.6. The first-order valence-corrected chi connectivity index (χ1v) is 5.98. The molecule has 0 aromatic carbocycles. The van der Waals surface area contributed by atoms with E-state index in [2.05, 4.69) is 10.6 Å². The van der Waals surface area contributed by atoms with E-state index in [1.54, 1.807) is 20.8 Å². The first-order valence-electron chi connectivity index (χ1n) is 5.98. The Morgan fingerprint density at radius 3 is 2.78 bits per heavy atom. The predicted octanol–water partition coefficient (Wildman–Crippen LogP) is 0.929. The van der Waals surface area contributed by atoms with Gasteiger partial charge in [0.25, 0.3) is 0 Å². The molecule has 0 radical (unpaired) electrons. The Hall–Kier alpha value is -1.77. The van der Waals surface area contributed by atoms with Gasteiger partial charge in [-0.25, -0.2) is 4.79 Å². The average molecular weight is 253 g/mol. The van der Waals surface area contributed by atoms with Crippen LogP contribution in [0.4, 0.5) is 4.79 Å². The minimum atomic E-state index is -0.700. The molecular formula is C12H19N3O3. The van der Waals surface area contributed by atoms with E-state index >= 15 is 0 Å². The summed E-state index contributed by atoms with van der Waals surface area (Å²) >= 11 is 0. The van der Waals surface area contributed by atoms with Crippen LogP contribution in [0.5, 0.6) is 0 Å². The smallest absolute Gasteiger partial charge is 0.408 e. The van der Waals surface area contributed by atoms with Crippen LogP contribution >= 0.6 is 0 Å². The van der Waals surface area contributed by atoms with Gasteiger partial charge in [-0.1, -0.05) is 0 Å². The number of ether oxygens (including phenoxy) is 1. The highest BCUT2D eigenvalue weighted by Crippen LogP contribution is 2.16. The van der Waals surface area contributed by atoms with Gasteiger partial charge in [0.05, 0.1) is 6.07 Å². The van der Waals surface area contributed by atoms with Gasteiger partial charge in [-0.05, 0) is 33.6 Å². The standard InChI is InChI=1S/C12H19N3O3/c1-12(2,3)18-11(17)15-9(7-13)6-8-4-5-14-10(8)16/h8-9H,4-6H2,1-3H3,(H,14,16)(H,15,17)/t8-,9?/m0/s1. The van der Waals surface area contributed by atoms with Gasteiger partial charge in [-0.2, -0.15) is 5.26 Å². The number of hydrogen-bond acceptors (Lipinski definition) is 4. The van der Waals surface area contributed by atoms with E-state index in [1.165, 1.54) is 0 Å². The number of hydrogen-bond donors (Lipinski definition) is 2. The number of alkyl carbamates (subject to hydrolysis) is 1. The number of nitrogens with zero attached hydrogens (tertiary/aromatic N) is 1. The quantitative estimate of drug-likeness (QED) is 0.782. The van der Waals surface area contributed by atoms with Crippen LogP contribution in [0.3, 0.4) is 0 Å². The zero-order chi connectivity index (χ0) is 13.8. The van der Waals surface area contributed by atoms with Crippen molar-refractivity contribution in [3.63, 3.8) is 0 Å². The summed E-state index contributed by atoms with van der Waals surface area (Å²) in [6, 6.07) is 1.27. The maximum atomic E-state index is 11.5. The highest BCUT2D eigenvalue weighted by molar-refractivity contribution is 5.80. The minimum absolute atomic E-state index is 0.0544. The topological polar surface area (TPSA) is 91.2 Å². The summed E-state index contributed by atoms with van der Waals surface area (Å²) in [5.74, 6) is -0.258. The third-order valence-electron chi connectivity index (χ3n) is 2.53. The third-order valence-corrected chi connectivity index (χ3v) is 2.53. The molecule has 0 aliphatic carbocycles. The lowest BCUT2D eigenvalue weighted by Gasteiger charge is -2.21. The van der Waals surface area contributed by atoms with Crippen LogP contribution in [0.25, 0.3) is 0 Å². The fourth-order valence-electron chi connectivity index (χ4n) is 1.75. The molecule has 0 spiro atoms. The van der Waals surface area contributed by atoms with Gasteiger partial charge >= 0.3 is 6.09 Å². The van der Waals surface area contributed by atoms with E-state index in [0.29, 0.717) is 19.4 Å². The molecule has 1 aliphatic rings. The average Bonchev–Trinajstić information content (AvgIpc) is 2.60. The molecule has 6 heteroatoms. The van der Waals surface area contributed by atoms with Gasteiger partial charge < -0.3 is 15.4 Å². The Labute approximate surface area is 107 Å². The largest absolute Gasteiger partial charge is 0.444 e. The summed E-state index contributed by atoms with van der Waals surface area (Å²) in [6.07, 6.45) is 0.390.